The predicted octanol–water partition coefficient (Wildman–Crippen LogP) is 2.81. The molecular formula is C59H70F2N10O15. The van der Waals surface area contributed by atoms with Gasteiger partial charge in [-0.3, -0.25) is 48.1 Å². The Balaban J connectivity index is 0.964. The lowest BCUT2D eigenvalue weighted by Gasteiger charge is -2.31. The van der Waals surface area contributed by atoms with Crippen molar-refractivity contribution in [3.05, 3.63) is 104 Å². The second-order valence-corrected chi connectivity index (χ2v) is 21.9. The van der Waals surface area contributed by atoms with Crippen LogP contribution in [0.2, 0.25) is 0 Å². The van der Waals surface area contributed by atoms with E-state index >= 15 is 0 Å². The fourth-order valence-electron chi connectivity index (χ4n) is 10.3. The molecule has 0 unspecified atom stereocenters. The van der Waals surface area contributed by atoms with Crippen LogP contribution in [0.1, 0.15) is 114 Å². The third kappa shape index (κ3) is 14.7. The Hall–Kier alpha value is -8.98. The molecule has 3 aliphatic rings. The van der Waals surface area contributed by atoms with Crippen LogP contribution < -0.4 is 37.9 Å². The predicted molar refractivity (Wildman–Crippen MR) is 304 cm³/mol. The highest BCUT2D eigenvalue weighted by Crippen LogP contribution is 2.41. The number of nitrogens with two attached hydrogens (primary N) is 1. The van der Waals surface area contributed by atoms with E-state index in [-0.39, 0.29) is 98.2 Å². The summed E-state index contributed by atoms with van der Waals surface area (Å²) in [6.07, 6.45) is 1.74. The number of aliphatic hydroxyl groups is 1. The van der Waals surface area contributed by atoms with Crippen molar-refractivity contribution in [3.63, 3.8) is 0 Å². The Morgan fingerprint density at radius 2 is 1.49 bits per heavy atom. The van der Waals surface area contributed by atoms with Crippen LogP contribution in [-0.2, 0) is 84.4 Å². The molecule has 2 aromatic heterocycles. The van der Waals surface area contributed by atoms with E-state index in [1.165, 1.54) is 22.5 Å². The minimum Gasteiger partial charge on any atom is -0.481 e. The van der Waals surface area contributed by atoms with Gasteiger partial charge in [-0.15, -0.1) is 0 Å². The van der Waals surface area contributed by atoms with Gasteiger partial charge in [0.2, 0.25) is 29.5 Å². The van der Waals surface area contributed by atoms with Gasteiger partial charge < -0.3 is 61.5 Å². The summed E-state index contributed by atoms with van der Waals surface area (Å²) in [5, 5.41) is 33.7. The number of carboxylic acid groups (broad SMARTS) is 1. The molecule has 4 aromatic rings. The number of ether oxygens (including phenoxy) is 2. The molecular weight excluding hydrogens is 1130 g/mol. The zero-order chi connectivity index (χ0) is 62.9. The van der Waals surface area contributed by atoms with Crippen LogP contribution in [0.25, 0.3) is 22.3 Å². The van der Waals surface area contributed by atoms with Crippen molar-refractivity contribution in [2.24, 2.45) is 11.7 Å². The highest BCUT2D eigenvalue weighted by Gasteiger charge is 2.46. The largest absolute Gasteiger partial charge is 0.481 e. The van der Waals surface area contributed by atoms with Crippen LogP contribution in [0.15, 0.2) is 59.4 Å². The number of esters is 1. The number of benzene rings is 2. The van der Waals surface area contributed by atoms with Crippen molar-refractivity contribution >= 4 is 76.0 Å². The molecule has 0 fully saturated rings. The summed E-state index contributed by atoms with van der Waals surface area (Å²) in [4.78, 5) is 150. The molecule has 8 amide bonds. The zero-order valence-electron chi connectivity index (χ0n) is 48.4. The molecule has 86 heavy (non-hydrogen) atoms. The molecule has 0 saturated carbocycles. The first-order chi connectivity index (χ1) is 40.8. The van der Waals surface area contributed by atoms with Gasteiger partial charge in [0.05, 0.1) is 29.0 Å². The molecule has 5 heterocycles. The van der Waals surface area contributed by atoms with Gasteiger partial charge in [-0.05, 0) is 114 Å². The third-order valence-corrected chi connectivity index (χ3v) is 15.2. The highest BCUT2D eigenvalue weighted by molar-refractivity contribution is 6.14. The van der Waals surface area contributed by atoms with Crippen molar-refractivity contribution < 1.29 is 76.4 Å². The van der Waals surface area contributed by atoms with Crippen molar-refractivity contribution in [2.45, 2.75) is 148 Å². The fraction of sp³-hybridized carbons (Fsp3) is 0.458. The van der Waals surface area contributed by atoms with E-state index in [2.05, 4.69) is 31.6 Å². The number of anilines is 1. The van der Waals surface area contributed by atoms with Crippen LogP contribution in [0.5, 0.6) is 0 Å². The van der Waals surface area contributed by atoms with Gasteiger partial charge in [0.1, 0.15) is 43.9 Å². The van der Waals surface area contributed by atoms with Crippen LogP contribution >= 0.6 is 0 Å². The lowest BCUT2D eigenvalue weighted by molar-refractivity contribution is -0.172. The van der Waals surface area contributed by atoms with Crippen LogP contribution in [0.4, 0.5) is 19.3 Å². The summed E-state index contributed by atoms with van der Waals surface area (Å²) < 4.78 is 42.1. The molecule has 5 atom stereocenters. The van der Waals surface area contributed by atoms with Crippen LogP contribution in [0, 0.1) is 17.6 Å². The first-order valence-corrected chi connectivity index (χ1v) is 28.2. The maximum Gasteiger partial charge on any atom is 0.410 e. The lowest BCUT2D eigenvalue weighted by Crippen LogP contribution is -2.59. The number of nitrogens with one attached hydrogen (secondary N) is 5. The second kappa shape index (κ2) is 27.8. The summed E-state index contributed by atoms with van der Waals surface area (Å²) in [5.41, 5.74) is 5.71. The molecule has 0 radical (unpaired) electrons. The number of nitrogens with zero attached hydrogens (tertiary/aromatic N) is 4. The number of pyridine rings is 2. The van der Waals surface area contributed by atoms with E-state index in [0.29, 0.717) is 46.7 Å². The van der Waals surface area contributed by atoms with Crippen molar-refractivity contribution in [1.29, 1.82) is 0 Å². The molecule has 9 N–H and O–H groups in total. The number of imide groups is 1. The molecule has 0 aliphatic carbocycles. The van der Waals surface area contributed by atoms with E-state index in [0.717, 1.165) is 24.3 Å². The van der Waals surface area contributed by atoms with Gasteiger partial charge in [-0.2, -0.15) is 0 Å². The number of hydrogen-bond acceptors (Lipinski definition) is 16. The Labute approximate surface area is 492 Å². The molecule has 25 nitrogen and oxygen atoms in total. The van der Waals surface area contributed by atoms with E-state index in [4.69, 9.17) is 15.2 Å². The number of amides is 8. The smallest absolute Gasteiger partial charge is 0.410 e. The topological polar surface area (TPSA) is 357 Å². The number of halogens is 2. The van der Waals surface area contributed by atoms with Crippen LogP contribution in [-0.4, -0.2) is 139 Å². The SMILES string of the molecule is CC[C@@]1(O)C(=O)OCc2c1cc1n(c2=O)Cc2c-1nc1cc(F)c(F)cc1c2CCN(C(=O)OCc1ccc(NC(=O)[C@H](CCCCN)NC(=O)[C@H](C)NC(=O)[C@@H](NC(=O)[C@H](CCCC(=O)O)NC(=O)CN2C(=O)C=CC2=O)C(C)C)cc1)C(C)C. The number of aromatic nitrogens is 2. The monoisotopic (exact) mass is 1200 g/mol. The number of hydrogen-bond donors (Lipinski definition) is 8. The Kier molecular flexibility index (Phi) is 20.9. The molecule has 27 heteroatoms. The Morgan fingerprint density at radius 1 is 0.826 bits per heavy atom. The lowest BCUT2D eigenvalue weighted by atomic mass is 9.86. The average molecular weight is 1200 g/mol. The summed E-state index contributed by atoms with van der Waals surface area (Å²) in [7, 11) is 0. The average Bonchev–Trinajstić information content (AvgIpc) is 1.50. The minimum atomic E-state index is -2.10. The molecule has 0 spiro atoms. The number of fused-ring (bicyclic) bond motifs is 5. The Morgan fingerprint density at radius 3 is 2.13 bits per heavy atom. The zero-order valence-corrected chi connectivity index (χ0v) is 48.4. The standard InChI is InChI=1S/C59H70F2N10O15/c1-7-59(84)39-24-45-51-37(26-70(45)56(81)38(39)29-85-57(59)82)35(36-23-40(60)41(61)25-44(36)66-51)20-22-69(31(4)5)58(83)86-28-33-14-16-34(17-15-33)64-53(78)43(11-8-9-21-62)67-52(77)32(6)63-55(80)50(30(2)3)68-54(79)42(12-10-13-49(75)76)65-46(72)27-71-47(73)18-19-48(71)74/h14-19,23-25,30-32,42-43,50,84H,7-13,20-22,26-29,62H2,1-6H3,(H,63,80)(H,64,78)(H,65,72)(H,67,77)(H,68,79)(H,75,76)/t32-,42-,43-,50-,59-/m0/s1. The van der Waals surface area contributed by atoms with Crippen molar-refractivity contribution in [1.82, 2.24) is 40.6 Å². The molecule has 7 rings (SSSR count). The first-order valence-electron chi connectivity index (χ1n) is 28.2. The number of carboxylic acids is 1. The van der Waals surface area contributed by atoms with Gasteiger partial charge in [-0.25, -0.2) is 23.4 Å². The minimum absolute atomic E-state index is 0.0216. The summed E-state index contributed by atoms with van der Waals surface area (Å²) in [6, 6.07) is 4.34. The highest BCUT2D eigenvalue weighted by atomic mass is 19.2. The maximum atomic E-state index is 15.0. The van der Waals surface area contributed by atoms with Gasteiger partial charge >= 0.3 is 18.0 Å². The van der Waals surface area contributed by atoms with Crippen molar-refractivity contribution in [2.75, 3.05) is 25.0 Å². The molecule has 3 aliphatic heterocycles. The van der Waals surface area contributed by atoms with Gasteiger partial charge in [-0.1, -0.05) is 32.9 Å². The number of cyclic esters (lactones) is 1. The molecule has 0 saturated heterocycles. The summed E-state index contributed by atoms with van der Waals surface area (Å²) in [5.74, 6) is -10.3. The number of carbonyl (C=O) groups excluding carboxylic acids is 9. The summed E-state index contributed by atoms with van der Waals surface area (Å²) >= 11 is 0. The van der Waals surface area contributed by atoms with Gasteiger partial charge in [0.25, 0.3) is 17.4 Å². The first kappa shape index (κ1) is 64.6. The van der Waals surface area contributed by atoms with E-state index in [1.807, 2.05) is 0 Å². The van der Waals surface area contributed by atoms with Gasteiger partial charge in [0, 0.05) is 59.4 Å². The van der Waals surface area contributed by atoms with Crippen molar-refractivity contribution in [3.8, 4) is 11.4 Å². The number of unbranched alkanes of at least 4 members (excludes halogenated alkanes) is 1. The molecule has 2 aromatic carbocycles. The van der Waals surface area contributed by atoms with Crippen LogP contribution in [0.3, 0.4) is 0 Å². The van der Waals surface area contributed by atoms with E-state index < -0.39 is 125 Å². The Bertz CT molecular complexity index is 3420. The van der Waals surface area contributed by atoms with E-state index in [1.54, 1.807) is 58.9 Å². The summed E-state index contributed by atoms with van der Waals surface area (Å²) in [6.45, 7) is 8.69. The number of aliphatic carboxylic acids is 1. The quantitative estimate of drug-likeness (QED) is 0.0213. The fourth-order valence-corrected chi connectivity index (χ4v) is 10.3. The normalized spacial score (nSPS) is 16.4. The number of carbonyl (C=O) groups is 10. The molecule has 0 bridgehead atoms. The second-order valence-electron chi connectivity index (χ2n) is 21.9. The third-order valence-electron chi connectivity index (χ3n) is 15.2. The maximum absolute atomic E-state index is 15.0. The van der Waals surface area contributed by atoms with Gasteiger partial charge in [0.15, 0.2) is 17.2 Å². The van der Waals surface area contributed by atoms with E-state index in [9.17, 15) is 71.7 Å². The number of rotatable bonds is 27. The molecule has 460 valence electrons.